The highest BCUT2D eigenvalue weighted by Gasteiger charge is 2.12. The monoisotopic (exact) mass is 631 g/mol. The number of carbonyl (C=O) groups excluding carboxylic acids is 1. The van der Waals surface area contributed by atoms with Crippen molar-refractivity contribution < 1.29 is 4.79 Å². The van der Waals surface area contributed by atoms with Crippen molar-refractivity contribution in [1.29, 1.82) is 0 Å². The average Bonchev–Trinajstić information content (AvgIpc) is 3.03. The number of nitrogens with two attached hydrogens (primary N) is 2. The van der Waals surface area contributed by atoms with Crippen LogP contribution >= 0.6 is 0 Å². The Kier molecular flexibility index (Phi) is 35.2. The predicted octanol–water partition coefficient (Wildman–Crippen LogP) is 11.6. The number of hydrogen-bond donors (Lipinski definition) is 2. The number of carbonyl (C=O) groups is 1. The summed E-state index contributed by atoms with van der Waals surface area (Å²) in [5, 5.41) is 0. The summed E-state index contributed by atoms with van der Waals surface area (Å²) in [5.74, 6) is 0.261. The van der Waals surface area contributed by atoms with Crippen molar-refractivity contribution in [3.8, 4) is 0 Å². The molecule has 0 saturated heterocycles. The minimum absolute atomic E-state index is 0.0657. The highest BCUT2D eigenvalue weighted by atomic mass is 16.2. The Hall–Kier alpha value is -1.78. The molecule has 0 aliphatic heterocycles. The van der Waals surface area contributed by atoms with E-state index < -0.39 is 0 Å². The molecule has 0 radical (unpaired) electrons. The van der Waals surface area contributed by atoms with Crippen molar-refractivity contribution >= 4 is 11.9 Å². The van der Waals surface area contributed by atoms with Crippen LogP contribution in [0.4, 0.5) is 0 Å². The number of nitrogens with zero attached hydrogens (tertiary/aromatic N) is 2. The molecule has 4 N–H and O–H groups in total. The lowest BCUT2D eigenvalue weighted by molar-refractivity contribution is -0.131. The van der Waals surface area contributed by atoms with Gasteiger partial charge in [0.1, 0.15) is 0 Å². The zero-order valence-electron chi connectivity index (χ0n) is 30.4. The van der Waals surface area contributed by atoms with E-state index >= 15 is 0 Å². The molecular weight excluding hydrogens is 552 g/mol. The van der Waals surface area contributed by atoms with Gasteiger partial charge < -0.3 is 16.4 Å². The van der Waals surface area contributed by atoms with E-state index in [-0.39, 0.29) is 11.9 Å². The predicted molar refractivity (Wildman–Crippen MR) is 201 cm³/mol. The van der Waals surface area contributed by atoms with Crippen LogP contribution in [-0.2, 0) is 4.79 Å². The third-order valence-electron chi connectivity index (χ3n) is 8.85. The van der Waals surface area contributed by atoms with Crippen LogP contribution in [0.15, 0.2) is 29.3 Å². The van der Waals surface area contributed by atoms with E-state index in [0.717, 1.165) is 25.9 Å². The van der Waals surface area contributed by atoms with E-state index in [1.165, 1.54) is 167 Å². The first-order valence-electron chi connectivity index (χ1n) is 19.7. The maximum Gasteiger partial charge on any atom is 0.224 e. The lowest BCUT2D eigenvalue weighted by atomic mass is 10.1. The fraction of sp³-hybridized carbons (Fsp3) is 0.850. The quantitative estimate of drug-likeness (QED) is 0.0316. The molecule has 45 heavy (non-hydrogen) atoms. The standard InChI is InChI=1S/C40H78N4O/c1-3-5-7-9-11-13-15-17-19-21-23-25-27-29-31-33-37-44(39(45)35-36-43-40(41)42)38-34-32-30-28-26-24-22-20-18-16-14-12-10-8-6-4-2/h17-20H,3-16,21-38H2,1-2H3,(H4,41,42,43)/b19-17-,20-18-. The van der Waals surface area contributed by atoms with E-state index in [1.807, 2.05) is 0 Å². The molecule has 0 aliphatic rings. The molecule has 0 aliphatic carbocycles. The van der Waals surface area contributed by atoms with Crippen LogP contribution in [0, 0.1) is 0 Å². The van der Waals surface area contributed by atoms with Gasteiger partial charge in [-0.15, -0.1) is 0 Å². The van der Waals surface area contributed by atoms with Gasteiger partial charge in [-0.25, -0.2) is 0 Å². The minimum Gasteiger partial charge on any atom is -0.370 e. The number of rotatable bonds is 35. The zero-order valence-corrected chi connectivity index (χ0v) is 30.4. The first-order chi connectivity index (χ1) is 22.1. The Morgan fingerprint density at radius 2 is 0.800 bits per heavy atom. The lowest BCUT2D eigenvalue weighted by Crippen LogP contribution is -2.33. The Labute approximate surface area is 281 Å². The van der Waals surface area contributed by atoms with Gasteiger partial charge in [0, 0.05) is 19.5 Å². The summed E-state index contributed by atoms with van der Waals surface area (Å²) in [6, 6.07) is 0. The summed E-state index contributed by atoms with van der Waals surface area (Å²) in [6.07, 6.45) is 46.5. The molecule has 0 aromatic rings. The largest absolute Gasteiger partial charge is 0.370 e. The van der Waals surface area contributed by atoms with Crippen LogP contribution in [0.25, 0.3) is 0 Å². The molecule has 0 aromatic carbocycles. The average molecular weight is 631 g/mol. The molecule has 0 saturated carbocycles. The van der Waals surface area contributed by atoms with Crippen molar-refractivity contribution in [2.24, 2.45) is 16.5 Å². The lowest BCUT2D eigenvalue weighted by Gasteiger charge is -2.22. The Balaban J connectivity index is 3.93. The summed E-state index contributed by atoms with van der Waals surface area (Å²) >= 11 is 0. The maximum absolute atomic E-state index is 12.9. The van der Waals surface area contributed by atoms with E-state index in [1.54, 1.807) is 0 Å². The molecule has 0 spiro atoms. The normalized spacial score (nSPS) is 11.6. The molecule has 5 heteroatoms. The molecule has 0 bridgehead atoms. The van der Waals surface area contributed by atoms with Crippen molar-refractivity contribution in [1.82, 2.24) is 4.90 Å². The van der Waals surface area contributed by atoms with Gasteiger partial charge in [0.15, 0.2) is 5.96 Å². The second-order valence-electron chi connectivity index (χ2n) is 13.3. The molecule has 5 nitrogen and oxygen atoms in total. The molecule has 0 rings (SSSR count). The molecular formula is C40H78N4O. The zero-order chi connectivity index (χ0) is 32.9. The summed E-state index contributed by atoms with van der Waals surface area (Å²) in [6.45, 7) is 6.68. The topological polar surface area (TPSA) is 84.7 Å². The third kappa shape index (κ3) is 34.9. The number of hydrogen-bond acceptors (Lipinski definition) is 2. The molecule has 0 fully saturated rings. The van der Waals surface area contributed by atoms with Gasteiger partial charge in [-0.2, -0.15) is 0 Å². The number of guanidine groups is 1. The van der Waals surface area contributed by atoms with Crippen LogP contribution in [0.5, 0.6) is 0 Å². The number of amides is 1. The van der Waals surface area contributed by atoms with E-state index in [2.05, 4.69) is 48.0 Å². The van der Waals surface area contributed by atoms with E-state index in [0.29, 0.717) is 13.0 Å². The highest BCUT2D eigenvalue weighted by molar-refractivity contribution is 5.78. The summed E-state index contributed by atoms with van der Waals surface area (Å²) < 4.78 is 0. The van der Waals surface area contributed by atoms with Crippen molar-refractivity contribution in [2.75, 3.05) is 19.6 Å². The van der Waals surface area contributed by atoms with Gasteiger partial charge in [0.2, 0.25) is 5.91 Å². The van der Waals surface area contributed by atoms with Gasteiger partial charge in [0.25, 0.3) is 0 Å². The molecule has 0 aromatic heterocycles. The van der Waals surface area contributed by atoms with E-state index in [4.69, 9.17) is 11.5 Å². The number of unbranched alkanes of at least 4 members (excludes halogenated alkanes) is 24. The van der Waals surface area contributed by atoms with Gasteiger partial charge in [-0.05, 0) is 64.2 Å². The van der Waals surface area contributed by atoms with Crippen molar-refractivity contribution in [3.05, 3.63) is 24.3 Å². The number of aliphatic imine (C=N–C) groups is 1. The van der Waals surface area contributed by atoms with Crippen LogP contribution in [0.3, 0.4) is 0 Å². The summed E-state index contributed by atoms with van der Waals surface area (Å²) in [5.41, 5.74) is 10.9. The third-order valence-corrected chi connectivity index (χ3v) is 8.85. The number of allylic oxidation sites excluding steroid dienone is 4. The SMILES string of the molecule is CCCCCCCC/C=C\CCCCCCCCN(CCCCCCCC/C=C\CCCCCCCC)C(=O)CCN=C(N)N. The maximum atomic E-state index is 12.9. The van der Waals surface area contributed by atoms with Crippen molar-refractivity contribution in [3.63, 3.8) is 0 Å². The second kappa shape index (κ2) is 36.7. The molecule has 0 unspecified atom stereocenters. The molecule has 264 valence electrons. The van der Waals surface area contributed by atoms with Crippen LogP contribution in [0.2, 0.25) is 0 Å². The molecule has 1 amide bonds. The second-order valence-corrected chi connectivity index (χ2v) is 13.3. The summed E-state index contributed by atoms with van der Waals surface area (Å²) in [4.78, 5) is 19.0. The highest BCUT2D eigenvalue weighted by Crippen LogP contribution is 2.13. The van der Waals surface area contributed by atoms with Crippen LogP contribution < -0.4 is 11.5 Å². The summed E-state index contributed by atoms with van der Waals surface area (Å²) in [7, 11) is 0. The smallest absolute Gasteiger partial charge is 0.224 e. The first-order valence-corrected chi connectivity index (χ1v) is 19.7. The minimum atomic E-state index is 0.0657. The van der Waals surface area contributed by atoms with Gasteiger partial charge in [0.05, 0.1) is 6.54 Å². The fourth-order valence-electron chi connectivity index (χ4n) is 5.90. The van der Waals surface area contributed by atoms with E-state index in [9.17, 15) is 4.79 Å². The first kappa shape index (κ1) is 43.2. The van der Waals surface area contributed by atoms with Crippen molar-refractivity contribution in [2.45, 2.75) is 200 Å². The Morgan fingerprint density at radius 3 is 1.13 bits per heavy atom. The molecule has 0 atom stereocenters. The van der Waals surface area contributed by atoms with Crippen LogP contribution in [0.1, 0.15) is 200 Å². The van der Waals surface area contributed by atoms with Gasteiger partial charge in [-0.3, -0.25) is 9.79 Å². The van der Waals surface area contributed by atoms with Gasteiger partial charge in [-0.1, -0.05) is 154 Å². The fourth-order valence-corrected chi connectivity index (χ4v) is 5.90. The molecule has 0 heterocycles. The van der Waals surface area contributed by atoms with Crippen LogP contribution in [-0.4, -0.2) is 36.4 Å². The Bertz CT molecular complexity index is 656. The Morgan fingerprint density at radius 1 is 0.489 bits per heavy atom. The van der Waals surface area contributed by atoms with Gasteiger partial charge >= 0.3 is 0 Å².